The van der Waals surface area contributed by atoms with Gasteiger partial charge in [-0.1, -0.05) is 48.0 Å². The van der Waals surface area contributed by atoms with Gasteiger partial charge in [0.2, 0.25) is 0 Å². The van der Waals surface area contributed by atoms with E-state index >= 15 is 0 Å². The molecule has 0 saturated heterocycles. The Labute approximate surface area is 132 Å². The summed E-state index contributed by atoms with van der Waals surface area (Å²) in [7, 11) is 1.93. The zero-order chi connectivity index (χ0) is 15.2. The predicted octanol–water partition coefficient (Wildman–Crippen LogP) is 4.47. The monoisotopic (exact) mass is 302 g/mol. The highest BCUT2D eigenvalue weighted by Gasteiger charge is 2.12. The second-order valence-corrected chi connectivity index (χ2v) is 5.92. The second-order valence-electron chi connectivity index (χ2n) is 5.51. The van der Waals surface area contributed by atoms with Crippen LogP contribution in [-0.2, 0) is 13.1 Å². The van der Waals surface area contributed by atoms with Crippen LogP contribution >= 0.6 is 11.6 Å². The van der Waals surface area contributed by atoms with Crippen LogP contribution in [0.2, 0.25) is 5.02 Å². The highest BCUT2D eigenvalue weighted by molar-refractivity contribution is 6.31. The summed E-state index contributed by atoms with van der Waals surface area (Å²) < 4.78 is 0. The molecule has 0 saturated carbocycles. The quantitative estimate of drug-likeness (QED) is 0.846. The van der Waals surface area contributed by atoms with Crippen molar-refractivity contribution in [3.05, 3.63) is 64.7 Å². The van der Waals surface area contributed by atoms with E-state index in [-0.39, 0.29) is 0 Å². The van der Waals surface area contributed by atoms with Gasteiger partial charge in [0, 0.05) is 29.8 Å². The van der Waals surface area contributed by atoms with Crippen molar-refractivity contribution < 1.29 is 0 Å². The molecule has 3 heteroatoms. The average Bonchev–Trinajstić information content (AvgIpc) is 2.48. The molecule has 1 N–H and O–H groups in total. The number of hydrogen-bond acceptors (Lipinski definition) is 2. The van der Waals surface area contributed by atoms with Crippen molar-refractivity contribution in [3.8, 4) is 0 Å². The number of hydrogen-bond donors (Lipinski definition) is 1. The lowest BCUT2D eigenvalue weighted by atomic mass is 10.1. The maximum absolute atomic E-state index is 6.39. The molecule has 2 aromatic rings. The van der Waals surface area contributed by atoms with Crippen LogP contribution in [0.1, 0.15) is 25.0 Å². The highest BCUT2D eigenvalue weighted by atomic mass is 35.5. The van der Waals surface area contributed by atoms with Gasteiger partial charge in [-0.15, -0.1) is 0 Å². The summed E-state index contributed by atoms with van der Waals surface area (Å²) in [4.78, 5) is 2.37. The van der Waals surface area contributed by atoms with E-state index in [0.29, 0.717) is 6.04 Å². The highest BCUT2D eigenvalue weighted by Crippen LogP contribution is 2.26. The zero-order valence-electron chi connectivity index (χ0n) is 12.9. The number of halogens is 1. The fourth-order valence-electron chi connectivity index (χ4n) is 2.40. The molecule has 0 aliphatic carbocycles. The summed E-state index contributed by atoms with van der Waals surface area (Å²) >= 11 is 6.39. The molecule has 0 unspecified atom stereocenters. The van der Waals surface area contributed by atoms with Crippen molar-refractivity contribution in [2.75, 3.05) is 11.9 Å². The first-order valence-corrected chi connectivity index (χ1v) is 7.73. The Hall–Kier alpha value is -1.51. The molecule has 2 rings (SSSR count). The van der Waals surface area contributed by atoms with Gasteiger partial charge in [0.25, 0.3) is 0 Å². The van der Waals surface area contributed by atoms with Crippen LogP contribution in [0.25, 0.3) is 0 Å². The normalized spacial score (nSPS) is 10.9. The van der Waals surface area contributed by atoms with E-state index < -0.39 is 0 Å². The Bertz CT molecular complexity index is 567. The Balaban J connectivity index is 2.24. The number of nitrogens with zero attached hydrogens (tertiary/aromatic N) is 1. The lowest BCUT2D eigenvalue weighted by Gasteiger charge is -2.29. The van der Waals surface area contributed by atoms with Gasteiger partial charge in [0.15, 0.2) is 0 Å². The van der Waals surface area contributed by atoms with Crippen LogP contribution in [-0.4, -0.2) is 13.1 Å². The third-order valence-corrected chi connectivity index (χ3v) is 3.91. The van der Waals surface area contributed by atoms with E-state index in [0.717, 1.165) is 23.7 Å². The Morgan fingerprint density at radius 1 is 1.10 bits per heavy atom. The summed E-state index contributed by atoms with van der Waals surface area (Å²) in [5.41, 5.74) is 3.60. The van der Waals surface area contributed by atoms with Gasteiger partial charge in [-0.05, 0) is 44.2 Å². The fraction of sp³-hybridized carbons (Fsp3) is 0.333. The summed E-state index contributed by atoms with van der Waals surface area (Å²) in [5, 5.41) is 3.96. The van der Waals surface area contributed by atoms with Crippen LogP contribution in [0.15, 0.2) is 48.5 Å². The minimum Gasteiger partial charge on any atom is -0.365 e. The summed E-state index contributed by atoms with van der Waals surface area (Å²) in [6.07, 6.45) is 0. The first kappa shape index (κ1) is 15.9. The molecule has 112 valence electrons. The smallest absolute Gasteiger partial charge is 0.0471 e. The van der Waals surface area contributed by atoms with Crippen LogP contribution in [0.4, 0.5) is 5.69 Å². The van der Waals surface area contributed by atoms with Crippen LogP contribution in [0.5, 0.6) is 0 Å². The predicted molar refractivity (Wildman–Crippen MR) is 92.0 cm³/mol. The molecule has 2 nitrogen and oxygen atoms in total. The zero-order valence-corrected chi connectivity index (χ0v) is 13.7. The summed E-state index contributed by atoms with van der Waals surface area (Å²) in [5.74, 6) is 0. The average molecular weight is 303 g/mol. The van der Waals surface area contributed by atoms with E-state index in [1.165, 1.54) is 11.3 Å². The molecule has 0 fully saturated rings. The van der Waals surface area contributed by atoms with E-state index in [9.17, 15) is 0 Å². The maximum Gasteiger partial charge on any atom is 0.0471 e. The molecular weight excluding hydrogens is 280 g/mol. The van der Waals surface area contributed by atoms with Gasteiger partial charge in [-0.25, -0.2) is 0 Å². The molecule has 21 heavy (non-hydrogen) atoms. The molecule has 0 radical (unpaired) electrons. The van der Waals surface area contributed by atoms with Crippen LogP contribution in [0.3, 0.4) is 0 Å². The molecule has 0 aromatic heterocycles. The van der Waals surface area contributed by atoms with Gasteiger partial charge in [0.1, 0.15) is 0 Å². The van der Waals surface area contributed by atoms with Crippen LogP contribution < -0.4 is 10.2 Å². The van der Waals surface area contributed by atoms with E-state index in [1.54, 1.807) is 0 Å². The van der Waals surface area contributed by atoms with Gasteiger partial charge in [0.05, 0.1) is 0 Å². The summed E-state index contributed by atoms with van der Waals surface area (Å²) in [6.45, 7) is 6.09. The Morgan fingerprint density at radius 3 is 2.38 bits per heavy atom. The van der Waals surface area contributed by atoms with Gasteiger partial charge in [-0.3, -0.25) is 0 Å². The summed E-state index contributed by atoms with van der Waals surface area (Å²) in [6, 6.07) is 17.3. The molecule has 0 bridgehead atoms. The van der Waals surface area contributed by atoms with E-state index in [2.05, 4.69) is 66.5 Å². The minimum absolute atomic E-state index is 0.413. The fourth-order valence-corrected chi connectivity index (χ4v) is 2.64. The Kier molecular flexibility index (Phi) is 5.66. The lowest BCUT2D eigenvalue weighted by molar-refractivity contribution is 0.682. The SMILES string of the molecule is CNCc1ccc(N(Cc2ccccc2)C(C)C)cc1Cl. The minimum atomic E-state index is 0.413. The molecule has 0 aliphatic heterocycles. The van der Waals surface area contributed by atoms with Crippen molar-refractivity contribution in [1.29, 1.82) is 0 Å². The topological polar surface area (TPSA) is 15.3 Å². The lowest BCUT2D eigenvalue weighted by Crippen LogP contribution is -2.30. The molecule has 0 spiro atoms. The molecule has 0 amide bonds. The van der Waals surface area contributed by atoms with Crippen LogP contribution in [0, 0.1) is 0 Å². The Morgan fingerprint density at radius 2 is 1.81 bits per heavy atom. The molecule has 0 aliphatic rings. The number of rotatable bonds is 6. The van der Waals surface area contributed by atoms with Gasteiger partial charge >= 0.3 is 0 Å². The van der Waals surface area contributed by atoms with Crippen molar-refractivity contribution in [1.82, 2.24) is 5.32 Å². The number of nitrogens with one attached hydrogen (secondary N) is 1. The second kappa shape index (κ2) is 7.48. The van der Waals surface area contributed by atoms with Crippen molar-refractivity contribution in [2.45, 2.75) is 33.0 Å². The van der Waals surface area contributed by atoms with Crippen molar-refractivity contribution >= 4 is 17.3 Å². The first-order chi connectivity index (χ1) is 10.1. The maximum atomic E-state index is 6.39. The molecule has 0 atom stereocenters. The molecule has 2 aromatic carbocycles. The van der Waals surface area contributed by atoms with E-state index in [1.807, 2.05) is 13.1 Å². The van der Waals surface area contributed by atoms with Gasteiger partial charge < -0.3 is 10.2 Å². The van der Waals surface area contributed by atoms with Crippen molar-refractivity contribution in [3.63, 3.8) is 0 Å². The standard InChI is InChI=1S/C18H23ClN2/c1-14(2)21(13-15-7-5-4-6-8-15)17-10-9-16(12-20-3)18(19)11-17/h4-11,14,20H,12-13H2,1-3H3. The number of benzene rings is 2. The third kappa shape index (κ3) is 4.23. The third-order valence-electron chi connectivity index (χ3n) is 3.55. The van der Waals surface area contributed by atoms with Gasteiger partial charge in [-0.2, -0.15) is 0 Å². The first-order valence-electron chi connectivity index (χ1n) is 7.35. The molecular formula is C18H23ClN2. The van der Waals surface area contributed by atoms with Crippen molar-refractivity contribution in [2.24, 2.45) is 0 Å². The van der Waals surface area contributed by atoms with E-state index in [4.69, 9.17) is 11.6 Å². The molecule has 0 heterocycles. The largest absolute Gasteiger partial charge is 0.365 e. The number of anilines is 1.